The van der Waals surface area contributed by atoms with Crippen molar-refractivity contribution in [2.75, 3.05) is 13.6 Å². The molecule has 0 bridgehead atoms. The average molecular weight is 381 g/mol. The Bertz CT molecular complexity index is 743. The van der Waals surface area contributed by atoms with E-state index in [1.807, 2.05) is 19.2 Å². The summed E-state index contributed by atoms with van der Waals surface area (Å²) in [7, 11) is 1.82. The molecule has 5 nitrogen and oxygen atoms in total. The zero-order chi connectivity index (χ0) is 17.9. The van der Waals surface area contributed by atoms with E-state index in [0.29, 0.717) is 6.54 Å². The van der Waals surface area contributed by atoms with Crippen molar-refractivity contribution in [3.8, 4) is 11.3 Å². The van der Waals surface area contributed by atoms with Gasteiger partial charge in [0, 0.05) is 24.8 Å². The van der Waals surface area contributed by atoms with Crippen LogP contribution < -0.4 is 5.73 Å². The van der Waals surface area contributed by atoms with E-state index in [9.17, 15) is 9.18 Å². The number of carbonyl (C=O) groups is 1. The molecule has 2 aromatic rings. The summed E-state index contributed by atoms with van der Waals surface area (Å²) in [6, 6.07) is 8.31. The number of hydrogen-bond acceptors (Lipinski definition) is 3. The Kier molecular flexibility index (Phi) is 6.78. The fourth-order valence-electron chi connectivity index (χ4n) is 3.49. The normalized spacial score (nSPS) is 15.5. The predicted molar refractivity (Wildman–Crippen MR) is 103 cm³/mol. The first-order chi connectivity index (χ1) is 12.0. The predicted octanol–water partition coefficient (Wildman–Crippen LogP) is 3.30. The Morgan fingerprint density at radius 2 is 2.08 bits per heavy atom. The molecule has 3 rings (SSSR count). The van der Waals surface area contributed by atoms with Gasteiger partial charge in [-0.15, -0.1) is 12.4 Å². The topological polar surface area (TPSA) is 75.0 Å². The number of H-pyrrole nitrogens is 1. The van der Waals surface area contributed by atoms with E-state index in [1.165, 1.54) is 12.1 Å². The zero-order valence-electron chi connectivity index (χ0n) is 15.0. The minimum Gasteiger partial charge on any atom is -0.344 e. The molecule has 1 aliphatic carbocycles. The van der Waals surface area contributed by atoms with E-state index >= 15 is 0 Å². The van der Waals surface area contributed by atoms with Crippen LogP contribution in [0, 0.1) is 5.82 Å². The summed E-state index contributed by atoms with van der Waals surface area (Å²) in [4.78, 5) is 14.2. The van der Waals surface area contributed by atoms with E-state index in [-0.39, 0.29) is 24.1 Å². The fourth-order valence-corrected chi connectivity index (χ4v) is 3.49. The summed E-state index contributed by atoms with van der Waals surface area (Å²) in [6.07, 6.45) is 5.24. The summed E-state index contributed by atoms with van der Waals surface area (Å²) >= 11 is 0. The quantitative estimate of drug-likeness (QED) is 0.807. The van der Waals surface area contributed by atoms with Crippen LogP contribution in [0.1, 0.15) is 37.8 Å². The number of amides is 1. The third-order valence-electron chi connectivity index (χ3n) is 4.96. The molecule has 1 fully saturated rings. The minimum absolute atomic E-state index is 0. The molecule has 0 unspecified atom stereocenters. The zero-order valence-corrected chi connectivity index (χ0v) is 15.8. The van der Waals surface area contributed by atoms with Gasteiger partial charge in [-0.2, -0.15) is 5.10 Å². The SMILES string of the molecule is CN(CCCc1cc(-c2cccc(F)c2)n[nH]1)C(=O)C1(N)CCCC1.Cl. The summed E-state index contributed by atoms with van der Waals surface area (Å²) in [5.41, 5.74) is 8.02. The molecule has 0 atom stereocenters. The Balaban J connectivity index is 0.00000243. The summed E-state index contributed by atoms with van der Waals surface area (Å²) in [5, 5.41) is 7.23. The highest BCUT2D eigenvalue weighted by atomic mass is 35.5. The molecule has 0 aliphatic heterocycles. The summed E-state index contributed by atoms with van der Waals surface area (Å²) < 4.78 is 13.3. The van der Waals surface area contributed by atoms with Crippen molar-refractivity contribution in [2.45, 2.75) is 44.1 Å². The van der Waals surface area contributed by atoms with Crippen molar-refractivity contribution in [3.63, 3.8) is 0 Å². The first-order valence-corrected chi connectivity index (χ1v) is 8.83. The Hall–Kier alpha value is -1.92. The van der Waals surface area contributed by atoms with Crippen LogP contribution in [0.4, 0.5) is 4.39 Å². The second-order valence-electron chi connectivity index (χ2n) is 6.98. The van der Waals surface area contributed by atoms with Gasteiger partial charge >= 0.3 is 0 Å². The van der Waals surface area contributed by atoms with Crippen molar-refractivity contribution in [3.05, 3.63) is 41.8 Å². The van der Waals surface area contributed by atoms with Gasteiger partial charge in [0.25, 0.3) is 0 Å². The monoisotopic (exact) mass is 380 g/mol. The lowest BCUT2D eigenvalue weighted by Gasteiger charge is -2.28. The van der Waals surface area contributed by atoms with Crippen LogP contribution in [-0.2, 0) is 11.2 Å². The highest BCUT2D eigenvalue weighted by Gasteiger charge is 2.38. The minimum atomic E-state index is -0.659. The van der Waals surface area contributed by atoms with Gasteiger partial charge in [0.15, 0.2) is 0 Å². The molecule has 0 radical (unpaired) electrons. The number of likely N-dealkylation sites (N-methyl/N-ethyl adjacent to an activating group) is 1. The van der Waals surface area contributed by atoms with E-state index in [1.54, 1.807) is 11.0 Å². The Morgan fingerprint density at radius 1 is 1.35 bits per heavy atom. The van der Waals surface area contributed by atoms with Crippen LogP contribution >= 0.6 is 12.4 Å². The maximum Gasteiger partial charge on any atom is 0.242 e. The van der Waals surface area contributed by atoms with E-state index in [0.717, 1.165) is 55.5 Å². The number of rotatable bonds is 6. The van der Waals surface area contributed by atoms with Crippen molar-refractivity contribution in [1.82, 2.24) is 15.1 Å². The van der Waals surface area contributed by atoms with E-state index < -0.39 is 5.54 Å². The van der Waals surface area contributed by atoms with Gasteiger partial charge in [0.05, 0.1) is 11.2 Å². The second-order valence-corrected chi connectivity index (χ2v) is 6.98. The number of hydrogen-bond donors (Lipinski definition) is 2. The molecule has 1 aromatic carbocycles. The standard InChI is InChI=1S/C19H25FN4O.ClH/c1-24(18(25)19(21)9-2-3-10-19)11-5-8-16-13-17(23-22-16)14-6-4-7-15(20)12-14;/h4,6-7,12-13H,2-3,5,8-11,21H2,1H3,(H,22,23);1H. The van der Waals surface area contributed by atoms with Crippen LogP contribution in [0.2, 0.25) is 0 Å². The molecular weight excluding hydrogens is 355 g/mol. The molecular formula is C19H26ClFN4O. The van der Waals surface area contributed by atoms with Crippen LogP contribution in [0.5, 0.6) is 0 Å². The molecule has 1 heterocycles. The van der Waals surface area contributed by atoms with Crippen LogP contribution in [-0.4, -0.2) is 40.1 Å². The third kappa shape index (κ3) is 4.62. The molecule has 7 heteroatoms. The molecule has 1 saturated carbocycles. The molecule has 0 saturated heterocycles. The number of aromatic amines is 1. The van der Waals surface area contributed by atoms with E-state index in [4.69, 9.17) is 5.73 Å². The van der Waals surface area contributed by atoms with Crippen molar-refractivity contribution in [1.29, 1.82) is 0 Å². The lowest BCUT2D eigenvalue weighted by molar-refractivity contribution is -0.135. The molecule has 3 N–H and O–H groups in total. The molecule has 1 aliphatic rings. The maximum atomic E-state index is 13.3. The van der Waals surface area contributed by atoms with Crippen molar-refractivity contribution >= 4 is 18.3 Å². The molecule has 0 spiro atoms. The second kappa shape index (κ2) is 8.64. The van der Waals surface area contributed by atoms with Gasteiger partial charge in [-0.25, -0.2) is 4.39 Å². The molecule has 142 valence electrons. The highest BCUT2D eigenvalue weighted by Crippen LogP contribution is 2.28. The van der Waals surface area contributed by atoms with Crippen LogP contribution in [0.25, 0.3) is 11.3 Å². The first kappa shape index (κ1) is 20.4. The van der Waals surface area contributed by atoms with Crippen molar-refractivity contribution in [2.24, 2.45) is 5.73 Å². The van der Waals surface area contributed by atoms with Gasteiger partial charge in [-0.3, -0.25) is 9.89 Å². The Labute approximate surface area is 159 Å². The average Bonchev–Trinajstić information content (AvgIpc) is 3.24. The number of aryl methyl sites for hydroxylation is 1. The number of carbonyl (C=O) groups excluding carboxylic acids is 1. The third-order valence-corrected chi connectivity index (χ3v) is 4.96. The summed E-state index contributed by atoms with van der Waals surface area (Å²) in [5.74, 6) is -0.222. The number of nitrogens with one attached hydrogen (secondary N) is 1. The van der Waals surface area contributed by atoms with Crippen molar-refractivity contribution < 1.29 is 9.18 Å². The number of halogens is 2. The van der Waals surface area contributed by atoms with Gasteiger partial charge in [-0.05, 0) is 43.9 Å². The smallest absolute Gasteiger partial charge is 0.242 e. The number of nitrogens with zero attached hydrogens (tertiary/aromatic N) is 2. The highest BCUT2D eigenvalue weighted by molar-refractivity contribution is 5.86. The lowest BCUT2D eigenvalue weighted by atomic mass is 9.97. The van der Waals surface area contributed by atoms with Crippen LogP contribution in [0.3, 0.4) is 0 Å². The fraction of sp³-hybridized carbons (Fsp3) is 0.474. The molecule has 1 aromatic heterocycles. The van der Waals surface area contributed by atoms with Gasteiger partial charge in [-0.1, -0.05) is 25.0 Å². The van der Waals surface area contributed by atoms with Gasteiger partial charge in [0.2, 0.25) is 5.91 Å². The maximum absolute atomic E-state index is 13.3. The first-order valence-electron chi connectivity index (χ1n) is 8.83. The number of benzene rings is 1. The number of nitrogens with two attached hydrogens (primary N) is 1. The van der Waals surface area contributed by atoms with E-state index in [2.05, 4.69) is 10.2 Å². The lowest BCUT2D eigenvalue weighted by Crippen LogP contribution is -2.52. The molecule has 26 heavy (non-hydrogen) atoms. The van der Waals surface area contributed by atoms with Gasteiger partial charge < -0.3 is 10.6 Å². The van der Waals surface area contributed by atoms with Crippen LogP contribution in [0.15, 0.2) is 30.3 Å². The van der Waals surface area contributed by atoms with Gasteiger partial charge in [0.1, 0.15) is 5.82 Å². The largest absolute Gasteiger partial charge is 0.344 e. The summed E-state index contributed by atoms with van der Waals surface area (Å²) in [6.45, 7) is 0.659. The number of aromatic nitrogens is 2. The molecule has 1 amide bonds. The Morgan fingerprint density at radius 3 is 2.77 bits per heavy atom.